The van der Waals surface area contributed by atoms with Gasteiger partial charge in [-0.1, -0.05) is 63.2 Å². The number of rotatable bonds is 0. The second-order valence-electron chi connectivity index (χ2n) is 6.01. The van der Waals surface area contributed by atoms with Crippen molar-refractivity contribution in [2.24, 2.45) is 0 Å². The van der Waals surface area contributed by atoms with Crippen molar-refractivity contribution in [1.29, 1.82) is 0 Å². The van der Waals surface area contributed by atoms with E-state index < -0.39 is 0 Å². The van der Waals surface area contributed by atoms with Gasteiger partial charge in [-0.2, -0.15) is 0 Å². The standard InChI is InChI=1S/C18H18/c1-18(2,3)17-9-8-15-10-13-6-4-5-7-14(13)11-16(15)12-17/h4-12H,1-3H3. The van der Waals surface area contributed by atoms with Crippen LogP contribution in [0.1, 0.15) is 26.3 Å². The molecule has 0 aliphatic heterocycles. The minimum atomic E-state index is 0.208. The normalized spacial score (nSPS) is 12.2. The van der Waals surface area contributed by atoms with E-state index in [1.807, 2.05) is 0 Å². The van der Waals surface area contributed by atoms with Gasteiger partial charge in [-0.15, -0.1) is 0 Å². The summed E-state index contributed by atoms with van der Waals surface area (Å²) in [6, 6.07) is 19.9. The van der Waals surface area contributed by atoms with Gasteiger partial charge in [0.2, 0.25) is 0 Å². The first-order valence-corrected chi connectivity index (χ1v) is 6.47. The largest absolute Gasteiger partial charge is 0.0616 e. The van der Waals surface area contributed by atoms with Crippen LogP contribution in [0.25, 0.3) is 21.5 Å². The Morgan fingerprint density at radius 3 is 1.78 bits per heavy atom. The topological polar surface area (TPSA) is 0 Å². The van der Waals surface area contributed by atoms with Crippen LogP contribution in [0.4, 0.5) is 0 Å². The molecule has 0 spiro atoms. The summed E-state index contributed by atoms with van der Waals surface area (Å²) in [5.74, 6) is 0. The van der Waals surface area contributed by atoms with Gasteiger partial charge in [0.15, 0.2) is 0 Å². The average Bonchev–Trinajstić information content (AvgIpc) is 2.34. The maximum absolute atomic E-state index is 2.32. The highest BCUT2D eigenvalue weighted by molar-refractivity contribution is 5.98. The predicted molar refractivity (Wildman–Crippen MR) is 80.2 cm³/mol. The van der Waals surface area contributed by atoms with Crippen LogP contribution in [-0.2, 0) is 5.41 Å². The Hall–Kier alpha value is -1.82. The first kappa shape index (κ1) is 11.3. The lowest BCUT2D eigenvalue weighted by Gasteiger charge is -2.19. The maximum atomic E-state index is 2.32. The Balaban J connectivity index is 2.31. The molecule has 0 saturated carbocycles. The minimum Gasteiger partial charge on any atom is -0.0616 e. The van der Waals surface area contributed by atoms with E-state index in [2.05, 4.69) is 75.4 Å². The quantitative estimate of drug-likeness (QED) is 0.463. The Morgan fingerprint density at radius 2 is 1.17 bits per heavy atom. The lowest BCUT2D eigenvalue weighted by Crippen LogP contribution is -2.10. The third-order valence-corrected chi connectivity index (χ3v) is 3.57. The zero-order valence-corrected chi connectivity index (χ0v) is 11.2. The molecule has 0 aliphatic carbocycles. The van der Waals surface area contributed by atoms with Gasteiger partial charge in [0.05, 0.1) is 0 Å². The molecule has 0 radical (unpaired) electrons. The van der Waals surface area contributed by atoms with Gasteiger partial charge in [-0.3, -0.25) is 0 Å². The second kappa shape index (κ2) is 3.84. The molecule has 0 aliphatic rings. The van der Waals surface area contributed by atoms with E-state index in [1.165, 1.54) is 27.1 Å². The van der Waals surface area contributed by atoms with E-state index in [0.29, 0.717) is 0 Å². The van der Waals surface area contributed by atoms with E-state index in [4.69, 9.17) is 0 Å². The summed E-state index contributed by atoms with van der Waals surface area (Å²) in [5, 5.41) is 5.28. The predicted octanol–water partition coefficient (Wildman–Crippen LogP) is 5.29. The van der Waals surface area contributed by atoms with Crippen LogP contribution in [0, 0.1) is 0 Å². The molecule has 3 aromatic carbocycles. The Kier molecular flexibility index (Phi) is 2.41. The van der Waals surface area contributed by atoms with Crippen molar-refractivity contribution >= 4 is 21.5 Å². The molecule has 0 unspecified atom stereocenters. The highest BCUT2D eigenvalue weighted by atomic mass is 14.2. The van der Waals surface area contributed by atoms with Gasteiger partial charge in [0.25, 0.3) is 0 Å². The fraction of sp³-hybridized carbons (Fsp3) is 0.222. The summed E-state index contributed by atoms with van der Waals surface area (Å²) < 4.78 is 0. The Bertz CT molecular complexity index is 715. The molecule has 18 heavy (non-hydrogen) atoms. The van der Waals surface area contributed by atoms with Crippen molar-refractivity contribution in [3.8, 4) is 0 Å². The van der Waals surface area contributed by atoms with Gasteiger partial charge in [-0.05, 0) is 44.7 Å². The van der Waals surface area contributed by atoms with Crippen molar-refractivity contribution in [2.45, 2.75) is 26.2 Å². The van der Waals surface area contributed by atoms with Crippen LogP contribution in [-0.4, -0.2) is 0 Å². The maximum Gasteiger partial charge on any atom is -0.0132 e. The molecule has 0 N–H and O–H groups in total. The molecule has 0 heterocycles. The van der Waals surface area contributed by atoms with Gasteiger partial charge < -0.3 is 0 Å². The molecule has 0 nitrogen and oxygen atoms in total. The van der Waals surface area contributed by atoms with Crippen LogP contribution in [0.15, 0.2) is 54.6 Å². The molecule has 0 heteroatoms. The fourth-order valence-corrected chi connectivity index (χ4v) is 2.41. The van der Waals surface area contributed by atoms with Gasteiger partial charge >= 0.3 is 0 Å². The summed E-state index contributed by atoms with van der Waals surface area (Å²) in [5.41, 5.74) is 1.60. The highest BCUT2D eigenvalue weighted by Gasteiger charge is 2.13. The molecule has 0 amide bonds. The molecule has 0 atom stereocenters. The van der Waals surface area contributed by atoms with E-state index in [0.717, 1.165) is 0 Å². The van der Waals surface area contributed by atoms with Crippen molar-refractivity contribution in [3.63, 3.8) is 0 Å². The smallest absolute Gasteiger partial charge is 0.0132 e. The fourth-order valence-electron chi connectivity index (χ4n) is 2.41. The molecule has 0 saturated heterocycles. The number of benzene rings is 3. The molecule has 0 bridgehead atoms. The van der Waals surface area contributed by atoms with E-state index in [1.54, 1.807) is 0 Å². The molecule has 3 aromatic rings. The zero-order valence-electron chi connectivity index (χ0n) is 11.2. The van der Waals surface area contributed by atoms with Crippen LogP contribution >= 0.6 is 0 Å². The van der Waals surface area contributed by atoms with E-state index in [9.17, 15) is 0 Å². The average molecular weight is 234 g/mol. The van der Waals surface area contributed by atoms with Crippen molar-refractivity contribution in [3.05, 3.63) is 60.2 Å². The molecular weight excluding hydrogens is 216 g/mol. The lowest BCUT2D eigenvalue weighted by molar-refractivity contribution is 0.591. The summed E-state index contributed by atoms with van der Waals surface area (Å²) in [7, 11) is 0. The summed E-state index contributed by atoms with van der Waals surface area (Å²) >= 11 is 0. The molecule has 0 aromatic heterocycles. The number of hydrogen-bond acceptors (Lipinski definition) is 0. The summed E-state index contributed by atoms with van der Waals surface area (Å²) in [4.78, 5) is 0. The zero-order chi connectivity index (χ0) is 12.8. The first-order valence-electron chi connectivity index (χ1n) is 6.47. The summed E-state index contributed by atoms with van der Waals surface area (Å²) in [6.45, 7) is 6.78. The van der Waals surface area contributed by atoms with E-state index in [-0.39, 0.29) is 5.41 Å². The Labute approximate surface area is 108 Å². The SMILES string of the molecule is CC(C)(C)c1ccc2cc3ccccc3cc2c1. The number of hydrogen-bond donors (Lipinski definition) is 0. The molecular formula is C18H18. The van der Waals surface area contributed by atoms with Crippen molar-refractivity contribution in [1.82, 2.24) is 0 Å². The minimum absolute atomic E-state index is 0.208. The van der Waals surface area contributed by atoms with E-state index >= 15 is 0 Å². The first-order chi connectivity index (χ1) is 8.54. The van der Waals surface area contributed by atoms with Crippen LogP contribution < -0.4 is 0 Å². The van der Waals surface area contributed by atoms with Crippen molar-refractivity contribution < 1.29 is 0 Å². The monoisotopic (exact) mass is 234 g/mol. The second-order valence-corrected chi connectivity index (χ2v) is 6.01. The molecule has 3 rings (SSSR count). The van der Waals surface area contributed by atoms with Gasteiger partial charge in [0.1, 0.15) is 0 Å². The third kappa shape index (κ3) is 1.88. The van der Waals surface area contributed by atoms with Crippen molar-refractivity contribution in [2.75, 3.05) is 0 Å². The molecule has 0 fully saturated rings. The summed E-state index contributed by atoms with van der Waals surface area (Å²) in [6.07, 6.45) is 0. The lowest BCUT2D eigenvalue weighted by atomic mass is 9.85. The number of fused-ring (bicyclic) bond motifs is 2. The Morgan fingerprint density at radius 1 is 0.611 bits per heavy atom. The van der Waals surface area contributed by atoms with Gasteiger partial charge in [0, 0.05) is 0 Å². The van der Waals surface area contributed by atoms with Crippen LogP contribution in [0.2, 0.25) is 0 Å². The molecule has 90 valence electrons. The van der Waals surface area contributed by atoms with Crippen LogP contribution in [0.3, 0.4) is 0 Å². The highest BCUT2D eigenvalue weighted by Crippen LogP contribution is 2.28. The van der Waals surface area contributed by atoms with Crippen LogP contribution in [0.5, 0.6) is 0 Å². The third-order valence-electron chi connectivity index (χ3n) is 3.57. The van der Waals surface area contributed by atoms with Gasteiger partial charge in [-0.25, -0.2) is 0 Å².